The Kier molecular flexibility index (Phi) is 25.5. The molecule has 3 rings (SSSR count). The molecule has 2 aliphatic rings. The molecule has 18 N–H and O–H groups in total. The number of aliphatic imine (C=N–C) groups is 1. The number of hydrogen-bond donors (Lipinski definition) is 15. The maximum atomic E-state index is 14.2. The number of carbonyl (C=O) groups is 10. The molecule has 34 heteroatoms. The number of carbonyl (C=O) groups excluding carboxylic acids is 8. The van der Waals surface area contributed by atoms with Crippen LogP contribution in [-0.2, 0) is 68.9 Å². The third-order valence-electron chi connectivity index (χ3n) is 11.7. The number of amides is 8. The van der Waals surface area contributed by atoms with Gasteiger partial charge < -0.3 is 84.3 Å². The molecule has 32 nitrogen and oxygen atoms in total. The molecular formula is C41H66N14O18S2. The topological polar surface area (TPSA) is 513 Å². The number of nitrogens with one attached hydrogen (secondary N) is 7. The number of aromatic nitrogens is 2. The van der Waals surface area contributed by atoms with Gasteiger partial charge in [0, 0.05) is 44.4 Å². The second kappa shape index (κ2) is 30.6. The molecule has 1 aromatic rings. The van der Waals surface area contributed by atoms with E-state index in [2.05, 4.69) is 51.0 Å². The maximum Gasteiger partial charge on any atom is 0.397 e. The summed E-state index contributed by atoms with van der Waals surface area (Å²) in [6.07, 6.45) is 3.60. The lowest BCUT2D eigenvalue weighted by Crippen LogP contribution is -2.61. The normalized spacial score (nSPS) is 18.2. The molecule has 75 heavy (non-hydrogen) atoms. The Hall–Kier alpha value is -6.72. The fourth-order valence-corrected chi connectivity index (χ4v) is 8.63. The number of thioether (sulfide) groups is 1. The Labute approximate surface area is 433 Å². The third-order valence-corrected chi connectivity index (χ3v) is 12.8. The number of aliphatic hydroxyl groups is 2. The minimum atomic E-state index is -5.28. The SMILES string of the molecule is CSCC[C@H](NC(=O)[C@H](CO)NC(=O)[C@H](Cc1cnc[nH]1)NC(=O)[C@H](CO)NC(=O)[C@@H]1CCCN1C(=O)[C@H](COS(=O)(=O)O)NC(=O)[C@H](CCCN=C(N)N)NC(=O)[C@@H]1CCCN1C(=O)[C@@H](N)CCC(=O)O)C(=O)O. The molecule has 0 unspecified atom stereocenters. The van der Waals surface area contributed by atoms with Crippen LogP contribution in [0.2, 0.25) is 0 Å². The van der Waals surface area contributed by atoms with Crippen molar-refractivity contribution in [2.24, 2.45) is 22.2 Å². The molecule has 0 aromatic carbocycles. The van der Waals surface area contributed by atoms with E-state index in [0.717, 1.165) is 9.80 Å². The number of rotatable bonds is 32. The van der Waals surface area contributed by atoms with Crippen molar-refractivity contribution in [3.05, 3.63) is 18.2 Å². The maximum absolute atomic E-state index is 14.2. The smallest absolute Gasteiger partial charge is 0.397 e. The molecule has 2 fully saturated rings. The summed E-state index contributed by atoms with van der Waals surface area (Å²) in [4.78, 5) is 145. The van der Waals surface area contributed by atoms with Gasteiger partial charge in [0.1, 0.15) is 48.3 Å². The molecule has 0 saturated carbocycles. The van der Waals surface area contributed by atoms with Gasteiger partial charge in [-0.1, -0.05) is 0 Å². The Morgan fingerprint density at radius 2 is 1.29 bits per heavy atom. The Morgan fingerprint density at radius 3 is 1.81 bits per heavy atom. The minimum absolute atomic E-state index is 0.0167. The third kappa shape index (κ3) is 20.5. The summed E-state index contributed by atoms with van der Waals surface area (Å²) < 4.78 is 37.4. The zero-order valence-corrected chi connectivity index (χ0v) is 42.4. The number of aliphatic hydroxyl groups excluding tert-OH is 2. The molecular weight excluding hydrogens is 1040 g/mol. The fourth-order valence-electron chi connectivity index (χ4n) is 7.85. The van der Waals surface area contributed by atoms with Crippen molar-refractivity contribution in [1.82, 2.24) is 51.7 Å². The van der Waals surface area contributed by atoms with Gasteiger partial charge in [-0.15, -0.1) is 0 Å². The van der Waals surface area contributed by atoms with E-state index in [9.17, 15) is 76.2 Å². The number of nitrogens with two attached hydrogens (primary N) is 3. The van der Waals surface area contributed by atoms with E-state index in [4.69, 9.17) is 22.3 Å². The average molecular weight is 1110 g/mol. The molecule has 2 aliphatic heterocycles. The van der Waals surface area contributed by atoms with Gasteiger partial charge in [0.25, 0.3) is 0 Å². The summed E-state index contributed by atoms with van der Waals surface area (Å²) in [6.45, 7) is -3.53. The molecule has 9 atom stereocenters. The van der Waals surface area contributed by atoms with Gasteiger partial charge in [0.15, 0.2) is 5.96 Å². The van der Waals surface area contributed by atoms with Crippen molar-refractivity contribution >= 4 is 87.3 Å². The van der Waals surface area contributed by atoms with Crippen molar-refractivity contribution in [2.45, 2.75) is 119 Å². The van der Waals surface area contributed by atoms with Gasteiger partial charge in [0.2, 0.25) is 47.3 Å². The van der Waals surface area contributed by atoms with Crippen LogP contribution in [0.4, 0.5) is 0 Å². The van der Waals surface area contributed by atoms with E-state index in [-0.39, 0.29) is 82.7 Å². The molecule has 2 saturated heterocycles. The first kappa shape index (κ1) is 62.6. The quantitative estimate of drug-likeness (QED) is 0.0138. The van der Waals surface area contributed by atoms with E-state index < -0.39 is 150 Å². The van der Waals surface area contributed by atoms with Gasteiger partial charge in [-0.3, -0.25) is 52.7 Å². The highest BCUT2D eigenvalue weighted by atomic mass is 32.3. The van der Waals surface area contributed by atoms with Gasteiger partial charge in [-0.05, 0) is 63.4 Å². The standard InChI is InChI=1S/C41H66N14O18S2/c1-74-14-10-24(40(68)69)49-34(62)26(17-56)51-33(61)25(15-21-16-45-20-47-21)50-35(63)27(18-57)52-37(65)30-7-4-13-55(30)39(67)28(19-73-75(70,71)72)53-32(60)23(5-2-11-46-41(43)44)48-36(64)29-6-3-12-54(29)38(66)22(42)8-9-31(58)59/h16,20,22-30,56-57H,2-15,17-19,42H2,1H3,(H,45,47)(H,48,64)(H,49,62)(H,50,63)(H,51,61)(H,52,65)(H,53,60)(H,58,59)(H,68,69)(H4,43,44,46)(H,70,71,72)/t22-,23-,24-,25-,26-,27-,28-,29-,30-/m0/s1. The van der Waals surface area contributed by atoms with Crippen LogP contribution in [0.1, 0.15) is 63.5 Å². The number of carboxylic acids is 2. The number of aliphatic carboxylic acids is 2. The highest BCUT2D eigenvalue weighted by molar-refractivity contribution is 7.98. The zero-order chi connectivity index (χ0) is 56.0. The highest BCUT2D eigenvalue weighted by Gasteiger charge is 2.42. The van der Waals surface area contributed by atoms with Gasteiger partial charge in [-0.2, -0.15) is 20.2 Å². The Morgan fingerprint density at radius 1 is 0.773 bits per heavy atom. The van der Waals surface area contributed by atoms with Crippen LogP contribution in [0.5, 0.6) is 0 Å². The van der Waals surface area contributed by atoms with E-state index in [1.54, 1.807) is 6.26 Å². The lowest BCUT2D eigenvalue weighted by atomic mass is 10.1. The van der Waals surface area contributed by atoms with Crippen LogP contribution >= 0.6 is 11.8 Å². The van der Waals surface area contributed by atoms with Crippen LogP contribution in [0.3, 0.4) is 0 Å². The molecule has 0 aliphatic carbocycles. The molecule has 1 aromatic heterocycles. The number of likely N-dealkylation sites (tertiary alicyclic amines) is 2. The van der Waals surface area contributed by atoms with E-state index in [0.29, 0.717) is 12.2 Å². The first-order valence-corrected chi connectivity index (χ1v) is 26.1. The second-order valence-corrected chi connectivity index (χ2v) is 19.3. The first-order chi connectivity index (χ1) is 35.4. The second-order valence-electron chi connectivity index (χ2n) is 17.2. The van der Waals surface area contributed by atoms with Gasteiger partial charge in [-0.25, -0.2) is 14.0 Å². The number of hydrogen-bond acceptors (Lipinski definition) is 19. The molecule has 3 heterocycles. The van der Waals surface area contributed by atoms with Crippen molar-refractivity contribution in [2.75, 3.05) is 51.5 Å². The summed E-state index contributed by atoms with van der Waals surface area (Å²) in [5.74, 6) is -10.7. The van der Waals surface area contributed by atoms with Gasteiger partial charge in [0.05, 0.1) is 32.2 Å². The van der Waals surface area contributed by atoms with Crippen molar-refractivity contribution < 1.29 is 85.5 Å². The number of guanidine groups is 1. The number of carboxylic acid groups (broad SMARTS) is 2. The van der Waals surface area contributed by atoms with Crippen LogP contribution < -0.4 is 49.1 Å². The van der Waals surface area contributed by atoms with Crippen molar-refractivity contribution in [3.63, 3.8) is 0 Å². The summed E-state index contributed by atoms with van der Waals surface area (Å²) >= 11 is 1.32. The molecule has 420 valence electrons. The summed E-state index contributed by atoms with van der Waals surface area (Å²) in [7, 11) is -5.28. The monoisotopic (exact) mass is 1110 g/mol. The van der Waals surface area contributed by atoms with Gasteiger partial charge >= 0.3 is 22.3 Å². The lowest BCUT2D eigenvalue weighted by molar-refractivity contribution is -0.144. The number of imidazole rings is 1. The van der Waals surface area contributed by atoms with E-state index in [1.807, 2.05) is 0 Å². The van der Waals surface area contributed by atoms with E-state index >= 15 is 0 Å². The zero-order valence-electron chi connectivity index (χ0n) is 40.8. The van der Waals surface area contributed by atoms with Crippen molar-refractivity contribution in [1.29, 1.82) is 0 Å². The van der Waals surface area contributed by atoms with E-state index in [1.165, 1.54) is 24.3 Å². The molecule has 0 bridgehead atoms. The van der Waals surface area contributed by atoms with Crippen LogP contribution in [0, 0.1) is 0 Å². The predicted octanol–water partition coefficient (Wildman–Crippen LogP) is -7.27. The number of nitrogens with zero attached hydrogens (tertiary/aromatic N) is 4. The molecule has 8 amide bonds. The van der Waals surface area contributed by atoms with Crippen LogP contribution in [0.25, 0.3) is 0 Å². The lowest BCUT2D eigenvalue weighted by Gasteiger charge is -2.31. The van der Waals surface area contributed by atoms with Crippen LogP contribution in [0.15, 0.2) is 17.5 Å². The first-order valence-electron chi connectivity index (χ1n) is 23.4. The highest BCUT2D eigenvalue weighted by Crippen LogP contribution is 2.22. The molecule has 0 spiro atoms. The number of H-pyrrole nitrogens is 1. The fraction of sp³-hybridized carbons (Fsp3) is 0.659. The summed E-state index contributed by atoms with van der Waals surface area (Å²) in [6, 6.07) is -13.9. The summed E-state index contributed by atoms with van der Waals surface area (Å²) in [5.41, 5.74) is 17.0. The van der Waals surface area contributed by atoms with Crippen LogP contribution in [-0.4, -0.2) is 224 Å². The average Bonchev–Trinajstić information content (AvgIpc) is 4.17. The summed E-state index contributed by atoms with van der Waals surface area (Å²) in [5, 5.41) is 52.8. The Balaban J connectivity index is 1.83. The molecule has 0 radical (unpaired) electrons. The number of aromatic amines is 1. The largest absolute Gasteiger partial charge is 0.481 e. The Bertz CT molecular complexity index is 2310. The predicted molar refractivity (Wildman–Crippen MR) is 260 cm³/mol. The minimum Gasteiger partial charge on any atom is -0.481 e. The van der Waals surface area contributed by atoms with Crippen molar-refractivity contribution in [3.8, 4) is 0 Å².